The fourth-order valence-electron chi connectivity index (χ4n) is 9.98. The molecule has 0 unspecified atom stereocenters. The Balaban J connectivity index is 1.24. The third-order valence-electron chi connectivity index (χ3n) is 11.7. The minimum Gasteiger partial charge on any atom is -0.462 e. The van der Waals surface area contributed by atoms with E-state index in [2.05, 4.69) is 33.8 Å². The molecule has 184 valence electrons. The average Bonchev–Trinajstić information content (AvgIpc) is 3.21. The lowest BCUT2D eigenvalue weighted by molar-refractivity contribution is -0.272. The van der Waals surface area contributed by atoms with Gasteiger partial charge in [-0.3, -0.25) is 4.79 Å². The first-order valence-corrected chi connectivity index (χ1v) is 13.8. The number of carbonyl (C=O) groups excluding carboxylic acids is 1. The first-order valence-electron chi connectivity index (χ1n) is 13.8. The highest BCUT2D eigenvalue weighted by atomic mass is 16.7. The fraction of sp³-hybridized carbons (Fsp3) is 0.897. The summed E-state index contributed by atoms with van der Waals surface area (Å²) in [5, 5.41) is 0. The van der Waals surface area contributed by atoms with E-state index >= 15 is 0 Å². The summed E-state index contributed by atoms with van der Waals surface area (Å²) in [5.41, 5.74) is 2.24. The van der Waals surface area contributed by atoms with Crippen LogP contribution in [0.3, 0.4) is 0 Å². The Morgan fingerprint density at radius 1 is 1.09 bits per heavy atom. The van der Waals surface area contributed by atoms with Crippen molar-refractivity contribution < 1.29 is 19.0 Å². The van der Waals surface area contributed by atoms with E-state index in [4.69, 9.17) is 14.2 Å². The second kappa shape index (κ2) is 7.56. The van der Waals surface area contributed by atoms with Crippen LogP contribution in [0.25, 0.3) is 0 Å². The van der Waals surface area contributed by atoms with Crippen LogP contribution in [0.1, 0.15) is 92.4 Å². The summed E-state index contributed by atoms with van der Waals surface area (Å²) in [7, 11) is 0. The molecule has 0 aromatic carbocycles. The van der Waals surface area contributed by atoms with Gasteiger partial charge in [0, 0.05) is 25.7 Å². The monoisotopic (exact) mass is 456 g/mol. The van der Waals surface area contributed by atoms with Crippen molar-refractivity contribution in [3.8, 4) is 0 Å². The van der Waals surface area contributed by atoms with Crippen LogP contribution in [0.15, 0.2) is 11.6 Å². The van der Waals surface area contributed by atoms with Crippen LogP contribution < -0.4 is 0 Å². The van der Waals surface area contributed by atoms with Crippen molar-refractivity contribution in [2.24, 2.45) is 46.3 Å². The molecule has 4 aliphatic carbocycles. The van der Waals surface area contributed by atoms with Crippen LogP contribution in [0.2, 0.25) is 0 Å². The van der Waals surface area contributed by atoms with E-state index in [9.17, 15) is 4.79 Å². The van der Waals surface area contributed by atoms with E-state index in [1.54, 1.807) is 12.5 Å². The van der Waals surface area contributed by atoms with E-state index in [1.807, 2.05) is 0 Å². The van der Waals surface area contributed by atoms with Crippen LogP contribution in [-0.4, -0.2) is 30.6 Å². The minimum absolute atomic E-state index is 0.0849. The molecule has 1 spiro atoms. The van der Waals surface area contributed by atoms with Gasteiger partial charge < -0.3 is 14.2 Å². The molecule has 3 saturated carbocycles. The molecule has 0 amide bonds. The first-order chi connectivity index (χ1) is 15.7. The van der Waals surface area contributed by atoms with Gasteiger partial charge >= 0.3 is 5.97 Å². The molecule has 2 aliphatic heterocycles. The lowest BCUT2D eigenvalue weighted by atomic mass is 9.47. The van der Waals surface area contributed by atoms with Crippen LogP contribution in [0, 0.1) is 46.3 Å². The Bertz CT molecular complexity index is 841. The minimum atomic E-state index is -0.312. The first kappa shape index (κ1) is 22.6. The Morgan fingerprint density at radius 3 is 2.64 bits per heavy atom. The van der Waals surface area contributed by atoms with Gasteiger partial charge in [-0.15, -0.1) is 0 Å². The number of esters is 1. The van der Waals surface area contributed by atoms with Crippen molar-refractivity contribution >= 4 is 5.97 Å². The fourth-order valence-corrected chi connectivity index (χ4v) is 9.98. The van der Waals surface area contributed by atoms with Crippen LogP contribution in [0.5, 0.6) is 0 Å². The summed E-state index contributed by atoms with van der Waals surface area (Å²) in [6, 6.07) is 0. The molecule has 6 aliphatic rings. The standard InChI is InChI=1S/C29H44O4/c1-17-8-13-29(31-16-17)18(2)26-25(33-29)15-24-22-7-6-20-14-21(32-19(3)30)9-11-27(20,4)23(22)10-12-28(24,26)5/h6,17-18,21-26H,7-16H2,1-5H3/t17-,18+,21+,22-,23+,24-,25+,26+,27+,28+,29-/m1/s1. The Kier molecular flexibility index (Phi) is 5.18. The molecule has 0 aromatic heterocycles. The van der Waals surface area contributed by atoms with E-state index < -0.39 is 0 Å². The maximum Gasteiger partial charge on any atom is 0.302 e. The number of rotatable bonds is 1. The molecule has 0 bridgehead atoms. The third-order valence-corrected chi connectivity index (χ3v) is 11.7. The molecule has 11 atom stereocenters. The molecule has 33 heavy (non-hydrogen) atoms. The van der Waals surface area contributed by atoms with E-state index in [-0.39, 0.29) is 23.3 Å². The number of hydrogen-bond acceptors (Lipinski definition) is 4. The number of fused-ring (bicyclic) bond motifs is 7. The number of carbonyl (C=O) groups is 1. The summed E-state index contributed by atoms with van der Waals surface area (Å²) in [6.07, 6.45) is 13.6. The highest BCUT2D eigenvalue weighted by Crippen LogP contribution is 2.70. The van der Waals surface area contributed by atoms with Gasteiger partial charge in [-0.1, -0.05) is 39.3 Å². The van der Waals surface area contributed by atoms with Crippen LogP contribution in [-0.2, 0) is 19.0 Å². The van der Waals surface area contributed by atoms with Gasteiger partial charge in [-0.25, -0.2) is 0 Å². The summed E-state index contributed by atoms with van der Waals surface area (Å²) in [6.45, 7) is 12.3. The molecular weight excluding hydrogens is 412 g/mol. The van der Waals surface area contributed by atoms with Crippen molar-refractivity contribution in [1.29, 1.82) is 0 Å². The summed E-state index contributed by atoms with van der Waals surface area (Å²) in [5.74, 6) is 3.64. The zero-order valence-corrected chi connectivity index (χ0v) is 21.4. The molecule has 4 nitrogen and oxygen atoms in total. The SMILES string of the molecule is CC(=O)O[C@H]1CC[C@@]2(C)C(=CC[C@H]3[C@H]4C[C@@H]5O[C@]6(CC[C@@H](C)CO6)[C@@H](C)[C@@H]5[C@@]4(C)CC[C@@H]32)C1. The van der Waals surface area contributed by atoms with Gasteiger partial charge in [0.1, 0.15) is 6.10 Å². The Labute approximate surface area is 200 Å². The molecule has 2 saturated heterocycles. The molecule has 5 fully saturated rings. The van der Waals surface area contributed by atoms with Crippen molar-refractivity contribution in [2.45, 2.75) is 110 Å². The highest BCUT2D eigenvalue weighted by molar-refractivity contribution is 5.66. The summed E-state index contributed by atoms with van der Waals surface area (Å²) in [4.78, 5) is 11.5. The maximum absolute atomic E-state index is 11.5. The van der Waals surface area contributed by atoms with Crippen molar-refractivity contribution in [2.75, 3.05) is 6.61 Å². The molecule has 6 rings (SSSR count). The van der Waals surface area contributed by atoms with E-state index in [0.717, 1.165) is 50.0 Å². The summed E-state index contributed by atoms with van der Waals surface area (Å²) < 4.78 is 19.0. The van der Waals surface area contributed by atoms with E-state index in [0.29, 0.717) is 29.3 Å². The van der Waals surface area contributed by atoms with Gasteiger partial charge in [0.25, 0.3) is 0 Å². The molecule has 0 aromatic rings. The van der Waals surface area contributed by atoms with Gasteiger partial charge in [0.05, 0.1) is 12.7 Å². The number of allylic oxidation sites excluding steroid dienone is 1. The molecular formula is C29H44O4. The van der Waals surface area contributed by atoms with Crippen molar-refractivity contribution in [1.82, 2.24) is 0 Å². The number of hydrogen-bond donors (Lipinski definition) is 0. The zero-order valence-electron chi connectivity index (χ0n) is 21.4. The topological polar surface area (TPSA) is 44.8 Å². The predicted molar refractivity (Wildman–Crippen MR) is 127 cm³/mol. The maximum atomic E-state index is 11.5. The Hall–Kier alpha value is -0.870. The Morgan fingerprint density at radius 2 is 1.91 bits per heavy atom. The molecule has 2 heterocycles. The normalized spacial score (nSPS) is 55.2. The molecule has 4 heteroatoms. The largest absolute Gasteiger partial charge is 0.462 e. The van der Waals surface area contributed by atoms with Crippen molar-refractivity contribution in [3.63, 3.8) is 0 Å². The quantitative estimate of drug-likeness (QED) is 0.344. The average molecular weight is 457 g/mol. The molecule has 0 radical (unpaired) electrons. The smallest absolute Gasteiger partial charge is 0.302 e. The third kappa shape index (κ3) is 3.18. The lowest BCUT2D eigenvalue weighted by Gasteiger charge is -2.58. The van der Waals surface area contributed by atoms with Crippen LogP contribution >= 0.6 is 0 Å². The van der Waals surface area contributed by atoms with Crippen LogP contribution in [0.4, 0.5) is 0 Å². The zero-order chi connectivity index (χ0) is 23.2. The van der Waals surface area contributed by atoms with Gasteiger partial charge in [0.2, 0.25) is 0 Å². The second-order valence-corrected chi connectivity index (χ2v) is 13.3. The second-order valence-electron chi connectivity index (χ2n) is 13.3. The summed E-state index contributed by atoms with van der Waals surface area (Å²) >= 11 is 0. The van der Waals surface area contributed by atoms with E-state index in [1.165, 1.54) is 32.1 Å². The lowest BCUT2D eigenvalue weighted by Crippen LogP contribution is -2.52. The number of ether oxygens (including phenoxy) is 3. The predicted octanol–water partition coefficient (Wildman–Crippen LogP) is 6.28. The van der Waals surface area contributed by atoms with Gasteiger partial charge in [0.15, 0.2) is 5.79 Å². The molecule has 0 N–H and O–H groups in total. The van der Waals surface area contributed by atoms with Crippen molar-refractivity contribution in [3.05, 3.63) is 11.6 Å². The van der Waals surface area contributed by atoms with Gasteiger partial charge in [-0.05, 0) is 85.4 Å². The highest BCUT2D eigenvalue weighted by Gasteiger charge is 2.68. The van der Waals surface area contributed by atoms with Gasteiger partial charge in [-0.2, -0.15) is 0 Å².